The maximum atomic E-state index is 9.87. The summed E-state index contributed by atoms with van der Waals surface area (Å²) in [5, 5.41) is 0. The standard InChI is InChI=1S/C8H20P.F6P/c1-5-9(6-2,7-3)8-4;1-7(2,3,4,5)6/h5-8H2,1-4H3;/q;-1/p+1. The topological polar surface area (TPSA) is 0 Å². The first-order valence-electron chi connectivity index (χ1n) is 5.11. The summed E-state index contributed by atoms with van der Waals surface area (Å²) in [5.74, 6) is 0. The largest absolute Gasteiger partial charge is 1.00 e. The van der Waals surface area contributed by atoms with E-state index in [0.29, 0.717) is 0 Å². The Kier molecular flexibility index (Phi) is 5.84. The van der Waals surface area contributed by atoms with Crippen LogP contribution in [0.15, 0.2) is 0 Å². The van der Waals surface area contributed by atoms with Crippen LogP contribution in [-0.2, 0) is 0 Å². The summed E-state index contributed by atoms with van der Waals surface area (Å²) in [6, 6.07) is 0. The zero-order valence-electron chi connectivity index (χ0n) is 11.0. The van der Waals surface area contributed by atoms with Crippen LogP contribution in [0.25, 0.3) is 0 Å². The van der Waals surface area contributed by atoms with E-state index in [4.69, 9.17) is 0 Å². The monoisotopic (exact) mass is 293 g/mol. The molecule has 0 aromatic carbocycles. The van der Waals surface area contributed by atoms with E-state index in [0.717, 1.165) is 0 Å². The first-order valence-corrected chi connectivity index (χ1v) is 9.67. The number of hydrogen-bond acceptors (Lipinski definition) is 0. The summed E-state index contributed by atoms with van der Waals surface area (Å²) in [6.07, 6.45) is 5.82. The average Bonchev–Trinajstić information content (AvgIpc) is 2.04. The fraction of sp³-hybridized carbons (Fsp3) is 1.00. The third-order valence-corrected chi connectivity index (χ3v) is 8.05. The molecule has 0 aliphatic rings. The molecule has 1 radical (unpaired) electrons. The van der Waals surface area contributed by atoms with Crippen LogP contribution in [0.1, 0.15) is 29.1 Å². The van der Waals surface area contributed by atoms with Crippen molar-refractivity contribution in [1.29, 1.82) is 0 Å². The van der Waals surface area contributed by atoms with Crippen molar-refractivity contribution in [3.63, 3.8) is 0 Å². The van der Waals surface area contributed by atoms with Crippen LogP contribution in [0, 0.1) is 0 Å². The molecule has 0 aliphatic heterocycles. The maximum absolute atomic E-state index is 10.7. The Morgan fingerprint density at radius 2 is 0.812 bits per heavy atom. The Bertz CT molecular complexity index is 178. The Balaban J connectivity index is -0.000000224. The van der Waals surface area contributed by atoms with Crippen LogP contribution in [-0.4, -0.2) is 24.6 Å². The van der Waals surface area contributed by atoms with Gasteiger partial charge in [0.1, 0.15) is 0 Å². The van der Waals surface area contributed by atoms with Gasteiger partial charge in [0.15, 0.2) is 0 Å². The van der Waals surface area contributed by atoms with Crippen molar-refractivity contribution in [2.24, 2.45) is 0 Å². The number of hydrogen-bond donors (Lipinski definition) is 0. The number of halogens is 6. The van der Waals surface area contributed by atoms with Crippen molar-refractivity contribution in [2.45, 2.75) is 27.7 Å². The molecule has 0 atom stereocenters. The Hall–Kier alpha value is 0.440. The summed E-state index contributed by atoms with van der Waals surface area (Å²) in [4.78, 5) is 0. The van der Waals surface area contributed by atoms with Gasteiger partial charge in [0.25, 0.3) is 0 Å². The zero-order chi connectivity index (χ0) is 13.7. The molecule has 0 heterocycles. The summed E-state index contributed by atoms with van der Waals surface area (Å²) >= 11 is 0. The minimum atomic E-state index is -10.7. The molecule has 0 unspecified atom stereocenters. The SMILES string of the molecule is CC[P](CC)(CC)CC.F[P-](F)(F)(F)(F)F.[H+]. The molecule has 0 aromatic rings. The normalized spacial score (nSPS) is 16.9. The molecule has 105 valence electrons. The van der Waals surface area contributed by atoms with Crippen molar-refractivity contribution < 1.29 is 26.6 Å². The molecule has 0 rings (SSSR count). The fourth-order valence-electron chi connectivity index (χ4n) is 1.34. The minimum absolute atomic E-state index is 0. The third kappa shape index (κ3) is 16.9. The van der Waals surface area contributed by atoms with Crippen LogP contribution in [0.5, 0.6) is 0 Å². The van der Waals surface area contributed by atoms with E-state index in [-0.39, 0.29) is 1.43 Å². The van der Waals surface area contributed by atoms with Crippen molar-refractivity contribution in [3.05, 3.63) is 0 Å². The second kappa shape index (κ2) is 4.97. The molecule has 0 saturated heterocycles. The predicted octanol–water partition coefficient (Wildman–Crippen LogP) is 6.58. The van der Waals surface area contributed by atoms with Crippen LogP contribution < -0.4 is 0 Å². The Morgan fingerprint density at radius 1 is 0.688 bits per heavy atom. The molecule has 0 bridgehead atoms. The van der Waals surface area contributed by atoms with Gasteiger partial charge in [0.05, 0.1) is 0 Å². The maximum Gasteiger partial charge on any atom is 1.00 e. The summed E-state index contributed by atoms with van der Waals surface area (Å²) in [6.45, 7) is 9.41. The van der Waals surface area contributed by atoms with Gasteiger partial charge in [-0.1, -0.05) is 27.7 Å². The molecule has 0 N–H and O–H groups in total. The van der Waals surface area contributed by atoms with E-state index >= 15 is 0 Å². The smallest absolute Gasteiger partial charge is 1.00 e. The van der Waals surface area contributed by atoms with E-state index < -0.39 is 15.1 Å². The molecule has 0 fully saturated rings. The Labute approximate surface area is 94.9 Å². The molecule has 0 nitrogen and oxygen atoms in total. The number of rotatable bonds is 4. The molecular formula is C8H21F6P2. The van der Waals surface area contributed by atoms with Crippen LogP contribution >= 0.6 is 15.1 Å². The molecular weight excluding hydrogens is 272 g/mol. The Morgan fingerprint density at radius 3 is 0.812 bits per heavy atom. The fourth-order valence-corrected chi connectivity index (χ4v) is 4.02. The van der Waals surface area contributed by atoms with Gasteiger partial charge in [-0.15, -0.1) is 7.26 Å². The van der Waals surface area contributed by atoms with Crippen molar-refractivity contribution in [1.82, 2.24) is 0 Å². The summed E-state index contributed by atoms with van der Waals surface area (Å²) in [7, 11) is -11.1. The van der Waals surface area contributed by atoms with Crippen LogP contribution in [0.3, 0.4) is 0 Å². The van der Waals surface area contributed by atoms with Gasteiger partial charge in [-0.2, -0.15) is 0 Å². The van der Waals surface area contributed by atoms with Crippen LogP contribution in [0.2, 0.25) is 0 Å². The molecule has 0 saturated carbocycles. The van der Waals surface area contributed by atoms with E-state index in [1.165, 1.54) is 24.6 Å². The minimum Gasteiger partial charge on any atom is 1.00 e. The molecule has 0 amide bonds. The van der Waals surface area contributed by atoms with Crippen molar-refractivity contribution in [3.8, 4) is 0 Å². The first-order chi connectivity index (χ1) is 6.69. The van der Waals surface area contributed by atoms with Crippen molar-refractivity contribution in [2.75, 3.05) is 24.6 Å². The van der Waals surface area contributed by atoms with Gasteiger partial charge in [0.2, 0.25) is 0 Å². The second-order valence-electron chi connectivity index (χ2n) is 3.56. The molecule has 0 spiro atoms. The van der Waals surface area contributed by atoms with Gasteiger partial charge in [0, 0.05) is 0 Å². The van der Waals surface area contributed by atoms with E-state index in [1.807, 2.05) is 0 Å². The quantitative estimate of drug-likeness (QED) is 0.405. The predicted molar refractivity (Wildman–Crippen MR) is 63.8 cm³/mol. The van der Waals surface area contributed by atoms with Gasteiger partial charge in [-0.3, -0.25) is 0 Å². The third-order valence-electron chi connectivity index (χ3n) is 2.68. The zero-order valence-corrected chi connectivity index (χ0v) is 11.8. The van der Waals surface area contributed by atoms with E-state index in [9.17, 15) is 25.2 Å². The second-order valence-corrected chi connectivity index (χ2v) is 10.7. The molecule has 16 heavy (non-hydrogen) atoms. The van der Waals surface area contributed by atoms with E-state index in [2.05, 4.69) is 27.7 Å². The van der Waals surface area contributed by atoms with Gasteiger partial charge in [-0.05, 0) is 24.6 Å². The van der Waals surface area contributed by atoms with E-state index in [1.54, 1.807) is 0 Å². The molecule has 0 aromatic heterocycles. The first kappa shape index (κ1) is 18.8. The summed E-state index contributed by atoms with van der Waals surface area (Å²) in [5.41, 5.74) is 0. The van der Waals surface area contributed by atoms with Gasteiger partial charge in [-0.25, -0.2) is 0 Å². The van der Waals surface area contributed by atoms with Gasteiger partial charge >= 0.3 is 34.4 Å². The van der Waals surface area contributed by atoms with Crippen molar-refractivity contribution >= 4 is 15.1 Å². The van der Waals surface area contributed by atoms with Crippen LogP contribution in [0.4, 0.5) is 25.2 Å². The average molecular weight is 293 g/mol. The molecule has 8 heteroatoms. The molecule has 0 aliphatic carbocycles. The summed E-state index contributed by atoms with van der Waals surface area (Å²) < 4.78 is 59.2. The van der Waals surface area contributed by atoms with Gasteiger partial charge < -0.3 is 0 Å².